The quantitative estimate of drug-likeness (QED) is 0.744. The van der Waals surface area contributed by atoms with Gasteiger partial charge >= 0.3 is 5.97 Å². The lowest BCUT2D eigenvalue weighted by Gasteiger charge is -2.36. The van der Waals surface area contributed by atoms with Gasteiger partial charge < -0.3 is 14.6 Å². The maximum atomic E-state index is 10.8. The second-order valence-corrected chi connectivity index (χ2v) is 6.13. The summed E-state index contributed by atoms with van der Waals surface area (Å²) >= 11 is 0. The molecule has 1 aromatic carbocycles. The number of ether oxygens (including phenoxy) is 2. The Labute approximate surface area is 144 Å². The molecule has 0 saturated carbocycles. The van der Waals surface area contributed by atoms with Crippen molar-refractivity contribution >= 4 is 5.97 Å². The lowest BCUT2D eigenvalue weighted by Crippen LogP contribution is -2.45. The number of hydrogen-bond acceptors (Lipinski definition) is 5. The molecule has 1 N–H and O–H groups in total. The van der Waals surface area contributed by atoms with Crippen LogP contribution < -0.4 is 9.47 Å². The van der Waals surface area contributed by atoms with E-state index in [-0.39, 0.29) is 6.54 Å². The maximum Gasteiger partial charge on any atom is 0.317 e. The molecule has 0 atom stereocenters. The molecule has 0 amide bonds. The van der Waals surface area contributed by atoms with Crippen molar-refractivity contribution in [2.24, 2.45) is 0 Å². The van der Waals surface area contributed by atoms with Crippen molar-refractivity contribution in [3.05, 3.63) is 24.3 Å². The average Bonchev–Trinajstić information content (AvgIpc) is 2.57. The highest BCUT2D eigenvalue weighted by atomic mass is 16.5. The minimum atomic E-state index is -0.760. The predicted octanol–water partition coefficient (Wildman–Crippen LogP) is 1.94. The molecule has 0 aromatic heterocycles. The van der Waals surface area contributed by atoms with E-state index in [0.717, 1.165) is 44.0 Å². The van der Waals surface area contributed by atoms with E-state index in [1.54, 1.807) is 0 Å². The van der Waals surface area contributed by atoms with Crippen molar-refractivity contribution in [1.82, 2.24) is 9.80 Å². The van der Waals surface area contributed by atoms with Gasteiger partial charge in [0, 0.05) is 12.6 Å². The van der Waals surface area contributed by atoms with E-state index in [1.807, 2.05) is 43.1 Å². The van der Waals surface area contributed by atoms with Crippen LogP contribution in [0.15, 0.2) is 24.3 Å². The molecule has 1 aliphatic rings. The molecule has 0 spiro atoms. The molecule has 1 fully saturated rings. The van der Waals surface area contributed by atoms with Gasteiger partial charge in [0.15, 0.2) is 0 Å². The number of piperidine rings is 1. The van der Waals surface area contributed by atoms with E-state index in [4.69, 9.17) is 14.6 Å². The van der Waals surface area contributed by atoms with Crippen molar-refractivity contribution in [3.63, 3.8) is 0 Å². The number of rotatable bonds is 9. The Balaban J connectivity index is 1.64. The van der Waals surface area contributed by atoms with Crippen molar-refractivity contribution in [2.75, 3.05) is 46.4 Å². The average molecular weight is 336 g/mol. The van der Waals surface area contributed by atoms with E-state index in [2.05, 4.69) is 4.90 Å². The molecular formula is C18H28N2O4. The zero-order chi connectivity index (χ0) is 17.4. The minimum Gasteiger partial charge on any atom is -0.494 e. The number of carboxylic acid groups (broad SMARTS) is 1. The number of hydrogen-bond donors (Lipinski definition) is 1. The largest absolute Gasteiger partial charge is 0.494 e. The van der Waals surface area contributed by atoms with Gasteiger partial charge in [-0.25, -0.2) is 0 Å². The van der Waals surface area contributed by atoms with Crippen LogP contribution in [0.2, 0.25) is 0 Å². The van der Waals surface area contributed by atoms with Gasteiger partial charge in [-0.3, -0.25) is 14.6 Å². The molecule has 134 valence electrons. The predicted molar refractivity (Wildman–Crippen MR) is 92.8 cm³/mol. The number of carbonyl (C=O) groups is 1. The van der Waals surface area contributed by atoms with Crippen LogP contribution in [0.3, 0.4) is 0 Å². The monoisotopic (exact) mass is 336 g/mol. The van der Waals surface area contributed by atoms with E-state index in [1.165, 1.54) is 0 Å². The zero-order valence-corrected chi connectivity index (χ0v) is 14.6. The molecule has 6 heteroatoms. The number of likely N-dealkylation sites (tertiary alicyclic amines) is 1. The Kier molecular flexibility index (Phi) is 7.34. The van der Waals surface area contributed by atoms with Gasteiger partial charge in [0.25, 0.3) is 0 Å². The standard InChI is InChI=1S/C18H28N2O4/c1-3-23-16-4-6-17(7-5-16)24-13-12-20-10-8-15(9-11-20)19(2)14-18(21)22/h4-7,15H,3,8-14H2,1-2H3,(H,21,22). The fourth-order valence-corrected chi connectivity index (χ4v) is 3.02. The van der Waals surface area contributed by atoms with Gasteiger partial charge in [0.2, 0.25) is 0 Å². The Morgan fingerprint density at radius 3 is 2.33 bits per heavy atom. The highest BCUT2D eigenvalue weighted by Gasteiger charge is 2.23. The van der Waals surface area contributed by atoms with Crippen molar-refractivity contribution < 1.29 is 19.4 Å². The summed E-state index contributed by atoms with van der Waals surface area (Å²) in [5, 5.41) is 8.86. The Morgan fingerprint density at radius 2 is 1.79 bits per heavy atom. The fourth-order valence-electron chi connectivity index (χ4n) is 3.02. The van der Waals surface area contributed by atoms with E-state index in [9.17, 15) is 4.79 Å². The third-order valence-corrected chi connectivity index (χ3v) is 4.38. The summed E-state index contributed by atoms with van der Waals surface area (Å²) in [6.45, 7) is 6.27. The van der Waals surface area contributed by atoms with Crippen LogP contribution >= 0.6 is 0 Å². The molecular weight excluding hydrogens is 308 g/mol. The topological polar surface area (TPSA) is 62.2 Å². The summed E-state index contributed by atoms with van der Waals surface area (Å²) in [6, 6.07) is 8.06. The SMILES string of the molecule is CCOc1ccc(OCCN2CCC(N(C)CC(=O)O)CC2)cc1. The summed E-state index contributed by atoms with van der Waals surface area (Å²) in [7, 11) is 1.89. The highest BCUT2D eigenvalue weighted by Crippen LogP contribution is 2.18. The van der Waals surface area contributed by atoms with Gasteiger partial charge in [-0.05, 0) is 64.2 Å². The van der Waals surface area contributed by atoms with E-state index >= 15 is 0 Å². The van der Waals surface area contributed by atoms with E-state index < -0.39 is 5.97 Å². The zero-order valence-electron chi connectivity index (χ0n) is 14.6. The summed E-state index contributed by atoms with van der Waals surface area (Å²) in [5.74, 6) is 0.954. The molecule has 1 aliphatic heterocycles. The first-order chi connectivity index (χ1) is 11.6. The van der Waals surface area contributed by atoms with Crippen LogP contribution in [-0.2, 0) is 4.79 Å². The normalized spacial score (nSPS) is 16.3. The number of nitrogens with zero attached hydrogens (tertiary/aromatic N) is 2. The number of likely N-dealkylation sites (N-methyl/N-ethyl adjacent to an activating group) is 1. The molecule has 0 radical (unpaired) electrons. The maximum absolute atomic E-state index is 10.8. The summed E-state index contributed by atoms with van der Waals surface area (Å²) in [4.78, 5) is 15.1. The fraction of sp³-hybridized carbons (Fsp3) is 0.611. The van der Waals surface area contributed by atoms with Crippen LogP contribution in [0.1, 0.15) is 19.8 Å². The van der Waals surface area contributed by atoms with Crippen LogP contribution in [0, 0.1) is 0 Å². The number of benzene rings is 1. The molecule has 0 aliphatic carbocycles. The lowest BCUT2D eigenvalue weighted by molar-refractivity contribution is -0.138. The molecule has 1 aromatic rings. The van der Waals surface area contributed by atoms with Crippen LogP contribution in [0.4, 0.5) is 0 Å². The molecule has 24 heavy (non-hydrogen) atoms. The summed E-state index contributed by atoms with van der Waals surface area (Å²) in [6.07, 6.45) is 2.01. The van der Waals surface area contributed by atoms with Gasteiger partial charge in [-0.15, -0.1) is 0 Å². The summed E-state index contributed by atoms with van der Waals surface area (Å²) in [5.41, 5.74) is 0. The van der Waals surface area contributed by atoms with Crippen LogP contribution in [-0.4, -0.2) is 73.4 Å². The van der Waals surface area contributed by atoms with Crippen molar-refractivity contribution in [3.8, 4) is 11.5 Å². The second-order valence-electron chi connectivity index (χ2n) is 6.13. The smallest absolute Gasteiger partial charge is 0.317 e. The van der Waals surface area contributed by atoms with Gasteiger partial charge in [0.1, 0.15) is 18.1 Å². The third kappa shape index (κ3) is 6.02. The first-order valence-electron chi connectivity index (χ1n) is 8.58. The lowest BCUT2D eigenvalue weighted by atomic mass is 10.0. The molecule has 1 saturated heterocycles. The number of aliphatic carboxylic acids is 1. The highest BCUT2D eigenvalue weighted by molar-refractivity contribution is 5.69. The molecule has 0 unspecified atom stereocenters. The molecule has 0 bridgehead atoms. The molecule has 1 heterocycles. The first kappa shape index (κ1) is 18.5. The van der Waals surface area contributed by atoms with Crippen molar-refractivity contribution in [1.29, 1.82) is 0 Å². The Morgan fingerprint density at radius 1 is 1.21 bits per heavy atom. The van der Waals surface area contributed by atoms with Crippen molar-refractivity contribution in [2.45, 2.75) is 25.8 Å². The van der Waals surface area contributed by atoms with Crippen LogP contribution in [0.5, 0.6) is 11.5 Å². The minimum absolute atomic E-state index is 0.117. The second kappa shape index (κ2) is 9.49. The van der Waals surface area contributed by atoms with Gasteiger partial charge in [0.05, 0.1) is 13.2 Å². The Hall–Kier alpha value is -1.79. The van der Waals surface area contributed by atoms with E-state index in [0.29, 0.717) is 19.3 Å². The molecule has 6 nitrogen and oxygen atoms in total. The molecule has 2 rings (SSSR count). The Bertz CT molecular complexity index is 498. The number of carboxylic acids is 1. The third-order valence-electron chi connectivity index (χ3n) is 4.38. The van der Waals surface area contributed by atoms with Gasteiger partial charge in [-0.2, -0.15) is 0 Å². The van der Waals surface area contributed by atoms with Gasteiger partial charge in [-0.1, -0.05) is 0 Å². The first-order valence-corrected chi connectivity index (χ1v) is 8.58. The van der Waals surface area contributed by atoms with Crippen LogP contribution in [0.25, 0.3) is 0 Å². The summed E-state index contributed by atoms with van der Waals surface area (Å²) < 4.78 is 11.2.